The highest BCUT2D eigenvalue weighted by Crippen LogP contribution is 2.23. The van der Waals surface area contributed by atoms with Crippen molar-refractivity contribution >= 4 is 11.6 Å². The van der Waals surface area contributed by atoms with E-state index in [9.17, 15) is 14.9 Å². The monoisotopic (exact) mass is 382 g/mol. The number of nitrogens with zero attached hydrogens (tertiary/aromatic N) is 3. The number of nitrogens with one attached hydrogen (secondary N) is 1. The summed E-state index contributed by atoms with van der Waals surface area (Å²) in [5, 5.41) is 17.3. The van der Waals surface area contributed by atoms with Crippen molar-refractivity contribution < 1.29 is 19.0 Å². The number of carbonyl (C=O) groups is 1. The van der Waals surface area contributed by atoms with Crippen molar-refractivity contribution in [3.63, 3.8) is 0 Å². The Morgan fingerprint density at radius 1 is 1.21 bits per heavy atom. The standard InChI is InChI=1S/C19H18N4O5/c1-12-3-5-14(6-4-12)19-21-18(28-22-19)10-20-17(24)11-27-15-7-8-16(23(25)26)13(2)9-15/h3-9H,10-11H2,1-2H3,(H,20,24). The van der Waals surface area contributed by atoms with Gasteiger partial charge in [-0.3, -0.25) is 14.9 Å². The second-order valence-electron chi connectivity index (χ2n) is 6.15. The first-order valence-corrected chi connectivity index (χ1v) is 8.46. The number of hydrogen-bond acceptors (Lipinski definition) is 7. The maximum absolute atomic E-state index is 11.9. The fourth-order valence-corrected chi connectivity index (χ4v) is 2.44. The number of nitro groups is 1. The summed E-state index contributed by atoms with van der Waals surface area (Å²) in [6.07, 6.45) is 0. The Hall–Kier alpha value is -3.75. The number of amides is 1. The summed E-state index contributed by atoms with van der Waals surface area (Å²) in [4.78, 5) is 26.5. The smallest absolute Gasteiger partial charge is 0.272 e. The van der Waals surface area contributed by atoms with E-state index in [0.717, 1.165) is 11.1 Å². The molecule has 1 aromatic heterocycles. The van der Waals surface area contributed by atoms with Crippen molar-refractivity contribution in [2.75, 3.05) is 6.61 Å². The predicted molar refractivity (Wildman–Crippen MR) is 99.6 cm³/mol. The summed E-state index contributed by atoms with van der Waals surface area (Å²) >= 11 is 0. The molecule has 9 nitrogen and oxygen atoms in total. The molecule has 0 atom stereocenters. The second kappa shape index (κ2) is 8.30. The van der Waals surface area contributed by atoms with E-state index in [-0.39, 0.29) is 30.6 Å². The Morgan fingerprint density at radius 2 is 1.96 bits per heavy atom. The lowest BCUT2D eigenvalue weighted by Gasteiger charge is -2.07. The fourth-order valence-electron chi connectivity index (χ4n) is 2.44. The Balaban J connectivity index is 1.50. The van der Waals surface area contributed by atoms with Crippen LogP contribution in [0.15, 0.2) is 47.0 Å². The molecule has 0 saturated heterocycles. The fraction of sp³-hybridized carbons (Fsp3) is 0.211. The second-order valence-corrected chi connectivity index (χ2v) is 6.15. The van der Waals surface area contributed by atoms with E-state index in [0.29, 0.717) is 17.1 Å². The molecule has 28 heavy (non-hydrogen) atoms. The molecule has 0 spiro atoms. The predicted octanol–water partition coefficient (Wildman–Crippen LogP) is 2.96. The van der Waals surface area contributed by atoms with Gasteiger partial charge in [0.05, 0.1) is 11.5 Å². The van der Waals surface area contributed by atoms with Crippen LogP contribution in [0.2, 0.25) is 0 Å². The van der Waals surface area contributed by atoms with E-state index < -0.39 is 4.92 Å². The van der Waals surface area contributed by atoms with E-state index in [1.165, 1.54) is 18.2 Å². The molecule has 2 aromatic carbocycles. The first-order valence-electron chi connectivity index (χ1n) is 8.46. The molecule has 0 saturated carbocycles. The average molecular weight is 382 g/mol. The van der Waals surface area contributed by atoms with Gasteiger partial charge in [0, 0.05) is 17.2 Å². The summed E-state index contributed by atoms with van der Waals surface area (Å²) in [7, 11) is 0. The molecule has 3 aromatic rings. The Morgan fingerprint density at radius 3 is 2.64 bits per heavy atom. The lowest BCUT2D eigenvalue weighted by molar-refractivity contribution is -0.385. The number of rotatable bonds is 7. The summed E-state index contributed by atoms with van der Waals surface area (Å²) < 4.78 is 10.5. The number of nitro benzene ring substituents is 1. The number of ether oxygens (including phenoxy) is 1. The van der Waals surface area contributed by atoms with Crippen LogP contribution in [0, 0.1) is 24.0 Å². The number of aryl methyl sites for hydroxylation is 2. The van der Waals surface area contributed by atoms with Crippen LogP contribution >= 0.6 is 0 Å². The first-order chi connectivity index (χ1) is 13.4. The first kappa shape index (κ1) is 19.0. The largest absolute Gasteiger partial charge is 0.484 e. The lowest BCUT2D eigenvalue weighted by Crippen LogP contribution is -2.28. The van der Waals surface area contributed by atoms with Crippen molar-refractivity contribution in [3.8, 4) is 17.1 Å². The van der Waals surface area contributed by atoms with E-state index >= 15 is 0 Å². The van der Waals surface area contributed by atoms with Crippen LogP contribution in [-0.4, -0.2) is 27.6 Å². The van der Waals surface area contributed by atoms with Crippen LogP contribution in [-0.2, 0) is 11.3 Å². The van der Waals surface area contributed by atoms with Gasteiger partial charge < -0.3 is 14.6 Å². The van der Waals surface area contributed by atoms with Gasteiger partial charge in [0.2, 0.25) is 11.7 Å². The molecule has 1 N–H and O–H groups in total. The Labute approximate surface area is 160 Å². The zero-order valence-electron chi connectivity index (χ0n) is 15.3. The average Bonchev–Trinajstić information content (AvgIpc) is 3.14. The van der Waals surface area contributed by atoms with Gasteiger partial charge in [0.1, 0.15) is 5.75 Å². The molecule has 0 radical (unpaired) electrons. The van der Waals surface area contributed by atoms with Gasteiger partial charge >= 0.3 is 0 Å². The normalized spacial score (nSPS) is 10.5. The number of benzene rings is 2. The molecule has 0 aliphatic rings. The number of aromatic nitrogens is 2. The molecule has 9 heteroatoms. The van der Waals surface area contributed by atoms with Crippen molar-refractivity contribution in [1.82, 2.24) is 15.5 Å². The van der Waals surface area contributed by atoms with E-state index in [1.54, 1.807) is 6.92 Å². The van der Waals surface area contributed by atoms with Crippen LogP contribution in [0.4, 0.5) is 5.69 Å². The summed E-state index contributed by atoms with van der Waals surface area (Å²) in [6.45, 7) is 3.42. The molecule has 0 aliphatic carbocycles. The molecule has 1 amide bonds. The third-order valence-electron chi connectivity index (χ3n) is 3.95. The zero-order valence-corrected chi connectivity index (χ0v) is 15.3. The van der Waals surface area contributed by atoms with Crippen LogP contribution in [0.1, 0.15) is 17.0 Å². The number of hydrogen-bond donors (Lipinski definition) is 1. The SMILES string of the molecule is Cc1ccc(-c2noc(CNC(=O)COc3ccc([N+](=O)[O-])c(C)c3)n2)cc1. The summed E-state index contributed by atoms with van der Waals surface area (Å²) in [5.74, 6) is 0.709. The summed E-state index contributed by atoms with van der Waals surface area (Å²) in [5.41, 5.74) is 2.40. The molecular formula is C19H18N4O5. The maximum atomic E-state index is 11.9. The Bertz CT molecular complexity index is 998. The zero-order chi connectivity index (χ0) is 20.1. The molecule has 3 rings (SSSR count). The molecule has 1 heterocycles. The van der Waals surface area contributed by atoms with Gasteiger partial charge in [-0.1, -0.05) is 35.0 Å². The highest BCUT2D eigenvalue weighted by molar-refractivity contribution is 5.77. The van der Waals surface area contributed by atoms with E-state index in [1.807, 2.05) is 31.2 Å². The van der Waals surface area contributed by atoms with Crippen LogP contribution in [0.3, 0.4) is 0 Å². The molecule has 0 fully saturated rings. The van der Waals surface area contributed by atoms with Gasteiger partial charge in [0.15, 0.2) is 6.61 Å². The van der Waals surface area contributed by atoms with E-state index in [4.69, 9.17) is 9.26 Å². The number of carbonyl (C=O) groups excluding carboxylic acids is 1. The van der Waals surface area contributed by atoms with Gasteiger partial charge in [-0.15, -0.1) is 0 Å². The van der Waals surface area contributed by atoms with Gasteiger partial charge in [-0.2, -0.15) is 4.98 Å². The third-order valence-corrected chi connectivity index (χ3v) is 3.95. The molecule has 0 aliphatic heterocycles. The van der Waals surface area contributed by atoms with Crippen molar-refractivity contribution in [2.45, 2.75) is 20.4 Å². The molecule has 0 unspecified atom stereocenters. The minimum absolute atomic E-state index is 0.00224. The molecular weight excluding hydrogens is 364 g/mol. The maximum Gasteiger partial charge on any atom is 0.272 e. The van der Waals surface area contributed by atoms with Crippen LogP contribution < -0.4 is 10.1 Å². The Kier molecular flexibility index (Phi) is 5.64. The molecule has 0 bridgehead atoms. The van der Waals surface area contributed by atoms with Crippen molar-refractivity contribution in [1.29, 1.82) is 0 Å². The third kappa shape index (κ3) is 4.70. The summed E-state index contributed by atoms with van der Waals surface area (Å²) in [6, 6.07) is 12.0. The highest BCUT2D eigenvalue weighted by atomic mass is 16.6. The molecule has 144 valence electrons. The van der Waals surface area contributed by atoms with Crippen molar-refractivity contribution in [3.05, 3.63) is 69.6 Å². The van der Waals surface area contributed by atoms with Crippen molar-refractivity contribution in [2.24, 2.45) is 0 Å². The van der Waals surface area contributed by atoms with E-state index in [2.05, 4.69) is 15.5 Å². The van der Waals surface area contributed by atoms with Crippen LogP contribution in [0.5, 0.6) is 5.75 Å². The van der Waals surface area contributed by atoms with Crippen LogP contribution in [0.25, 0.3) is 11.4 Å². The van der Waals surface area contributed by atoms with Gasteiger partial charge in [0.25, 0.3) is 11.6 Å². The minimum Gasteiger partial charge on any atom is -0.484 e. The lowest BCUT2D eigenvalue weighted by atomic mass is 10.1. The highest BCUT2D eigenvalue weighted by Gasteiger charge is 2.13. The quantitative estimate of drug-likeness (QED) is 0.492. The minimum atomic E-state index is -0.471. The van der Waals surface area contributed by atoms with Gasteiger partial charge in [-0.25, -0.2) is 0 Å². The topological polar surface area (TPSA) is 120 Å². The van der Waals surface area contributed by atoms with Gasteiger partial charge in [-0.05, 0) is 26.0 Å².